The van der Waals surface area contributed by atoms with Gasteiger partial charge in [-0.3, -0.25) is 0 Å². The number of fused-ring (bicyclic) bond motifs is 3. The fourth-order valence-corrected chi connectivity index (χ4v) is 7.01. The van der Waals surface area contributed by atoms with Crippen molar-refractivity contribution in [2.45, 2.75) is 97.1 Å². The summed E-state index contributed by atoms with van der Waals surface area (Å²) in [7, 11) is -0.920. The van der Waals surface area contributed by atoms with Gasteiger partial charge in [-0.15, -0.1) is 0 Å². The molecule has 230 valence electrons. The highest BCUT2D eigenvalue weighted by atomic mass is 16.7. The Balaban J connectivity index is 1.49. The summed E-state index contributed by atoms with van der Waals surface area (Å²) in [6.45, 7) is 21.1. The standard InChI is InChI=1S/C39H44B2O4/c1-25-11-15-27(16-12-25)39(28-17-13-26(2)14-18-28)33-23-29(40-42-35(3,4)36(5,6)43-40)19-21-31(33)32-22-20-30(24-34(32)39)41-44-37(7,8)38(9,10)45-41/h11-24H,1-10H3. The molecule has 2 saturated heterocycles. The van der Waals surface area contributed by atoms with Crippen molar-refractivity contribution in [3.05, 3.63) is 118 Å². The number of rotatable bonds is 4. The summed E-state index contributed by atoms with van der Waals surface area (Å²) >= 11 is 0. The second kappa shape index (κ2) is 9.92. The summed E-state index contributed by atoms with van der Waals surface area (Å²) < 4.78 is 26.3. The van der Waals surface area contributed by atoms with Crippen LogP contribution in [0.15, 0.2) is 84.9 Å². The van der Waals surface area contributed by atoms with Crippen LogP contribution in [0.4, 0.5) is 0 Å². The van der Waals surface area contributed by atoms with E-state index in [1.165, 1.54) is 44.5 Å². The predicted octanol–water partition coefficient (Wildman–Crippen LogP) is 7.26. The molecule has 45 heavy (non-hydrogen) atoms. The van der Waals surface area contributed by atoms with Crippen molar-refractivity contribution >= 4 is 25.2 Å². The Labute approximate surface area is 269 Å². The van der Waals surface area contributed by atoms with Gasteiger partial charge < -0.3 is 18.6 Å². The van der Waals surface area contributed by atoms with E-state index in [4.69, 9.17) is 18.6 Å². The van der Waals surface area contributed by atoms with Gasteiger partial charge in [0.1, 0.15) is 0 Å². The van der Waals surface area contributed by atoms with Gasteiger partial charge in [0.15, 0.2) is 0 Å². The van der Waals surface area contributed by atoms with E-state index in [0.717, 1.165) is 10.9 Å². The molecule has 3 aliphatic rings. The summed E-state index contributed by atoms with van der Waals surface area (Å²) in [5.41, 5.74) is 9.53. The summed E-state index contributed by atoms with van der Waals surface area (Å²) in [5.74, 6) is 0. The van der Waals surface area contributed by atoms with E-state index >= 15 is 0 Å². The molecule has 0 unspecified atom stereocenters. The average Bonchev–Trinajstić information content (AvgIpc) is 3.48. The van der Waals surface area contributed by atoms with E-state index < -0.39 is 42.1 Å². The summed E-state index contributed by atoms with van der Waals surface area (Å²) in [4.78, 5) is 0. The quantitative estimate of drug-likeness (QED) is 0.204. The normalized spacial score (nSPS) is 21.6. The predicted molar refractivity (Wildman–Crippen MR) is 185 cm³/mol. The molecule has 0 bridgehead atoms. The van der Waals surface area contributed by atoms with Crippen molar-refractivity contribution in [3.63, 3.8) is 0 Å². The Hall–Kier alpha value is -3.15. The highest BCUT2D eigenvalue weighted by Gasteiger charge is 2.55. The molecule has 0 radical (unpaired) electrons. The highest BCUT2D eigenvalue weighted by Crippen LogP contribution is 2.56. The number of aryl methyl sites for hydroxylation is 2. The number of hydrogen-bond donors (Lipinski definition) is 0. The van der Waals surface area contributed by atoms with Crippen LogP contribution >= 0.6 is 0 Å². The first-order valence-corrected chi connectivity index (χ1v) is 16.2. The van der Waals surface area contributed by atoms with Gasteiger partial charge in [-0.05, 0) is 114 Å². The summed E-state index contributed by atoms with van der Waals surface area (Å²) in [6, 6.07) is 31.6. The van der Waals surface area contributed by atoms with Crippen molar-refractivity contribution in [2.75, 3.05) is 0 Å². The maximum absolute atomic E-state index is 6.57. The zero-order chi connectivity index (χ0) is 32.2. The third kappa shape index (κ3) is 4.52. The Morgan fingerprint density at radius 2 is 0.733 bits per heavy atom. The minimum Gasteiger partial charge on any atom is -0.399 e. The number of benzene rings is 4. The van der Waals surface area contributed by atoms with Crippen LogP contribution in [0.5, 0.6) is 0 Å². The molecule has 4 aromatic carbocycles. The lowest BCUT2D eigenvalue weighted by atomic mass is 9.65. The molecule has 4 nitrogen and oxygen atoms in total. The van der Waals surface area contributed by atoms with E-state index in [2.05, 4.69) is 154 Å². The van der Waals surface area contributed by atoms with Crippen molar-refractivity contribution < 1.29 is 18.6 Å². The van der Waals surface area contributed by atoms with Crippen LogP contribution in [0, 0.1) is 13.8 Å². The monoisotopic (exact) mass is 598 g/mol. The largest absolute Gasteiger partial charge is 0.494 e. The average molecular weight is 598 g/mol. The smallest absolute Gasteiger partial charge is 0.399 e. The lowest BCUT2D eigenvalue weighted by Crippen LogP contribution is -2.41. The maximum atomic E-state index is 6.57. The zero-order valence-electron chi connectivity index (χ0n) is 28.4. The van der Waals surface area contributed by atoms with Crippen LogP contribution in [0.3, 0.4) is 0 Å². The fraction of sp³-hybridized carbons (Fsp3) is 0.385. The van der Waals surface area contributed by atoms with E-state index in [-0.39, 0.29) is 0 Å². The molecule has 0 amide bonds. The van der Waals surface area contributed by atoms with Crippen LogP contribution < -0.4 is 10.9 Å². The van der Waals surface area contributed by atoms with Gasteiger partial charge in [-0.1, -0.05) is 96.1 Å². The molecule has 0 spiro atoms. The van der Waals surface area contributed by atoms with Crippen molar-refractivity contribution in [3.8, 4) is 11.1 Å². The minimum absolute atomic E-state index is 0.428. The molecule has 6 heteroatoms. The number of hydrogen-bond acceptors (Lipinski definition) is 4. The molecule has 2 aliphatic heterocycles. The van der Waals surface area contributed by atoms with E-state index in [0.29, 0.717) is 0 Å². The lowest BCUT2D eigenvalue weighted by Gasteiger charge is -2.34. The second-order valence-electron chi connectivity index (χ2n) is 15.3. The molecule has 2 heterocycles. The van der Waals surface area contributed by atoms with Crippen LogP contribution in [-0.2, 0) is 24.0 Å². The van der Waals surface area contributed by atoms with Gasteiger partial charge in [0.2, 0.25) is 0 Å². The molecule has 0 atom stereocenters. The molecular formula is C39H44B2O4. The molecular weight excluding hydrogens is 554 g/mol. The molecule has 0 N–H and O–H groups in total. The van der Waals surface area contributed by atoms with E-state index in [1.807, 2.05) is 0 Å². The lowest BCUT2D eigenvalue weighted by molar-refractivity contribution is 0.00578. The van der Waals surface area contributed by atoms with E-state index in [9.17, 15) is 0 Å². The maximum Gasteiger partial charge on any atom is 0.494 e. The molecule has 0 saturated carbocycles. The first-order valence-electron chi connectivity index (χ1n) is 16.2. The molecule has 7 rings (SSSR count). The van der Waals surface area contributed by atoms with Gasteiger partial charge in [0, 0.05) is 0 Å². The molecule has 2 fully saturated rings. The van der Waals surface area contributed by atoms with Crippen molar-refractivity contribution in [2.24, 2.45) is 0 Å². The minimum atomic E-state index is -0.578. The first-order chi connectivity index (χ1) is 21.1. The Morgan fingerprint density at radius 3 is 1.04 bits per heavy atom. The summed E-state index contributed by atoms with van der Waals surface area (Å²) in [6.07, 6.45) is 0. The highest BCUT2D eigenvalue weighted by molar-refractivity contribution is 6.62. The van der Waals surface area contributed by atoms with Gasteiger partial charge in [0.05, 0.1) is 27.8 Å². The molecule has 1 aliphatic carbocycles. The van der Waals surface area contributed by atoms with E-state index in [1.54, 1.807) is 0 Å². The fourth-order valence-electron chi connectivity index (χ4n) is 7.01. The third-order valence-electron chi connectivity index (χ3n) is 11.2. The van der Waals surface area contributed by atoms with Crippen molar-refractivity contribution in [1.82, 2.24) is 0 Å². The summed E-state index contributed by atoms with van der Waals surface area (Å²) in [5, 5.41) is 0. The first kappa shape index (κ1) is 30.5. The van der Waals surface area contributed by atoms with Gasteiger partial charge in [-0.25, -0.2) is 0 Å². The third-order valence-corrected chi connectivity index (χ3v) is 11.2. The zero-order valence-corrected chi connectivity index (χ0v) is 28.4. The molecule has 4 aromatic rings. The Bertz CT molecular complexity index is 1620. The second-order valence-corrected chi connectivity index (χ2v) is 15.3. The Kier molecular flexibility index (Phi) is 6.73. The SMILES string of the molecule is Cc1ccc(C2(c3ccc(C)cc3)c3cc(B4OC(C)(C)C(C)(C)O4)ccc3-c3ccc(B4OC(C)(C)C(C)(C)O4)cc32)cc1. The topological polar surface area (TPSA) is 36.9 Å². The van der Waals surface area contributed by atoms with Crippen molar-refractivity contribution in [1.29, 1.82) is 0 Å². The van der Waals surface area contributed by atoms with Crippen LogP contribution in [0.2, 0.25) is 0 Å². The van der Waals surface area contributed by atoms with Gasteiger partial charge in [-0.2, -0.15) is 0 Å². The van der Waals surface area contributed by atoms with Crippen LogP contribution in [0.25, 0.3) is 11.1 Å². The molecule has 0 aromatic heterocycles. The van der Waals surface area contributed by atoms with Crippen LogP contribution in [0.1, 0.15) is 88.8 Å². The van der Waals surface area contributed by atoms with Gasteiger partial charge >= 0.3 is 14.2 Å². The van der Waals surface area contributed by atoms with Crippen LogP contribution in [-0.4, -0.2) is 36.6 Å². The Morgan fingerprint density at radius 1 is 0.422 bits per heavy atom. The van der Waals surface area contributed by atoms with Gasteiger partial charge in [0.25, 0.3) is 0 Å².